The maximum Gasteiger partial charge on any atom is 0.306 e. The van der Waals surface area contributed by atoms with Gasteiger partial charge in [0.25, 0.3) is 0 Å². The number of rotatable bonds is 51. The van der Waals surface area contributed by atoms with Gasteiger partial charge in [0, 0.05) is 19.3 Å². The third kappa shape index (κ3) is 47.9. The average molecular weight is 877 g/mol. The van der Waals surface area contributed by atoms with Crippen molar-refractivity contribution in [1.29, 1.82) is 0 Å². The molecule has 0 amide bonds. The van der Waals surface area contributed by atoms with Gasteiger partial charge in [0.15, 0.2) is 6.10 Å². The molecule has 6 nitrogen and oxygen atoms in total. The summed E-state index contributed by atoms with van der Waals surface area (Å²) in [6.45, 7) is 9.07. The van der Waals surface area contributed by atoms with Gasteiger partial charge in [-0.3, -0.25) is 14.4 Å². The molecule has 0 spiro atoms. The molecule has 0 aliphatic heterocycles. The van der Waals surface area contributed by atoms with Gasteiger partial charge in [-0.1, -0.05) is 278 Å². The Morgan fingerprint density at radius 1 is 0.323 bits per heavy atom. The molecule has 0 N–H and O–H groups in total. The smallest absolute Gasteiger partial charge is 0.306 e. The summed E-state index contributed by atoms with van der Waals surface area (Å²) in [7, 11) is 0. The molecular weight excluding hydrogens is 769 g/mol. The van der Waals surface area contributed by atoms with Crippen LogP contribution in [0.4, 0.5) is 0 Å². The second-order valence-corrected chi connectivity index (χ2v) is 19.5. The highest BCUT2D eigenvalue weighted by molar-refractivity contribution is 5.71. The van der Waals surface area contributed by atoms with E-state index in [9.17, 15) is 14.4 Å². The van der Waals surface area contributed by atoms with E-state index in [-0.39, 0.29) is 31.1 Å². The Kier molecular flexibility index (Phi) is 49.1. The lowest BCUT2D eigenvalue weighted by Gasteiger charge is -2.18. The van der Waals surface area contributed by atoms with Crippen molar-refractivity contribution in [3.05, 3.63) is 0 Å². The van der Waals surface area contributed by atoms with Crippen molar-refractivity contribution in [2.24, 2.45) is 5.92 Å². The van der Waals surface area contributed by atoms with Crippen LogP contribution in [-0.4, -0.2) is 37.2 Å². The lowest BCUT2D eigenvalue weighted by atomic mass is 9.99. The monoisotopic (exact) mass is 877 g/mol. The van der Waals surface area contributed by atoms with Crippen molar-refractivity contribution in [1.82, 2.24) is 0 Å². The van der Waals surface area contributed by atoms with Gasteiger partial charge in [0.05, 0.1) is 0 Å². The molecule has 0 heterocycles. The molecule has 0 rings (SSSR count). The van der Waals surface area contributed by atoms with E-state index in [1.807, 2.05) is 0 Å². The summed E-state index contributed by atoms with van der Waals surface area (Å²) in [5, 5.41) is 0. The first-order chi connectivity index (χ1) is 30.4. The lowest BCUT2D eigenvalue weighted by molar-refractivity contribution is -0.167. The van der Waals surface area contributed by atoms with Gasteiger partial charge < -0.3 is 14.2 Å². The molecule has 0 aromatic heterocycles. The van der Waals surface area contributed by atoms with Crippen LogP contribution in [0.3, 0.4) is 0 Å². The van der Waals surface area contributed by atoms with E-state index in [0.717, 1.165) is 63.7 Å². The minimum absolute atomic E-state index is 0.0622. The van der Waals surface area contributed by atoms with Crippen molar-refractivity contribution in [2.75, 3.05) is 13.2 Å². The van der Waals surface area contributed by atoms with Gasteiger partial charge in [-0.25, -0.2) is 0 Å². The molecular formula is C56H108O6. The fraction of sp³-hybridized carbons (Fsp3) is 0.946. The van der Waals surface area contributed by atoms with Gasteiger partial charge in [-0.2, -0.15) is 0 Å². The van der Waals surface area contributed by atoms with Gasteiger partial charge in [0.1, 0.15) is 13.2 Å². The number of esters is 3. The molecule has 0 saturated heterocycles. The van der Waals surface area contributed by atoms with Crippen molar-refractivity contribution < 1.29 is 28.6 Å². The zero-order chi connectivity index (χ0) is 45.2. The summed E-state index contributed by atoms with van der Waals surface area (Å²) in [6.07, 6.45) is 53.6. The molecule has 0 bridgehead atoms. The van der Waals surface area contributed by atoms with E-state index >= 15 is 0 Å². The van der Waals surface area contributed by atoms with Crippen LogP contribution in [0.5, 0.6) is 0 Å². The molecule has 0 aromatic rings. The normalized spacial score (nSPS) is 12.4. The van der Waals surface area contributed by atoms with Crippen LogP contribution in [0.15, 0.2) is 0 Å². The Balaban J connectivity index is 4.31. The lowest BCUT2D eigenvalue weighted by Crippen LogP contribution is -2.30. The highest BCUT2D eigenvalue weighted by Crippen LogP contribution is 2.18. The maximum atomic E-state index is 12.8. The largest absolute Gasteiger partial charge is 0.462 e. The average Bonchev–Trinajstić information content (AvgIpc) is 3.27. The summed E-state index contributed by atoms with van der Waals surface area (Å²) in [5.41, 5.74) is 0. The topological polar surface area (TPSA) is 78.9 Å². The Morgan fingerprint density at radius 2 is 0.565 bits per heavy atom. The van der Waals surface area contributed by atoms with Crippen LogP contribution in [0.25, 0.3) is 0 Å². The molecule has 0 fully saturated rings. The first kappa shape index (κ1) is 60.4. The fourth-order valence-corrected chi connectivity index (χ4v) is 8.54. The van der Waals surface area contributed by atoms with Gasteiger partial charge in [0.2, 0.25) is 0 Å². The summed E-state index contributed by atoms with van der Waals surface area (Å²) in [6, 6.07) is 0. The maximum absolute atomic E-state index is 12.8. The van der Waals surface area contributed by atoms with Crippen molar-refractivity contribution in [3.8, 4) is 0 Å². The molecule has 0 aliphatic rings. The van der Waals surface area contributed by atoms with Crippen molar-refractivity contribution in [2.45, 2.75) is 323 Å². The summed E-state index contributed by atoms with van der Waals surface area (Å²) in [5.74, 6) is 0.0315. The third-order valence-corrected chi connectivity index (χ3v) is 13.2. The number of carbonyl (C=O) groups is 3. The van der Waals surface area contributed by atoms with E-state index in [4.69, 9.17) is 14.2 Å². The number of ether oxygens (including phenoxy) is 3. The third-order valence-electron chi connectivity index (χ3n) is 13.2. The highest BCUT2D eigenvalue weighted by Gasteiger charge is 2.19. The Hall–Kier alpha value is -1.59. The van der Waals surface area contributed by atoms with E-state index in [0.29, 0.717) is 19.3 Å². The minimum atomic E-state index is -0.761. The summed E-state index contributed by atoms with van der Waals surface area (Å²) < 4.78 is 16.9. The van der Waals surface area contributed by atoms with Crippen LogP contribution in [-0.2, 0) is 28.6 Å². The van der Waals surface area contributed by atoms with Crippen LogP contribution in [0.1, 0.15) is 317 Å². The zero-order valence-corrected chi connectivity index (χ0v) is 42.3. The first-order valence-electron chi connectivity index (χ1n) is 27.9. The molecule has 0 aromatic carbocycles. The number of carbonyl (C=O) groups excluding carboxylic acids is 3. The Labute approximate surface area is 387 Å². The predicted octanol–water partition coefficient (Wildman–Crippen LogP) is 18.2. The number of unbranched alkanes of at least 4 members (excludes halogenated alkanes) is 37. The van der Waals surface area contributed by atoms with Crippen LogP contribution >= 0.6 is 0 Å². The second-order valence-electron chi connectivity index (χ2n) is 19.5. The molecule has 368 valence electrons. The van der Waals surface area contributed by atoms with E-state index in [2.05, 4.69) is 27.7 Å². The van der Waals surface area contributed by atoms with Gasteiger partial charge >= 0.3 is 17.9 Å². The van der Waals surface area contributed by atoms with Gasteiger partial charge in [-0.15, -0.1) is 0 Å². The first-order valence-corrected chi connectivity index (χ1v) is 27.9. The second kappa shape index (κ2) is 50.4. The minimum Gasteiger partial charge on any atom is -0.462 e. The molecule has 0 saturated carbocycles. The number of hydrogen-bond donors (Lipinski definition) is 0. The van der Waals surface area contributed by atoms with Crippen molar-refractivity contribution in [3.63, 3.8) is 0 Å². The Bertz CT molecular complexity index is 935. The molecule has 6 heteroatoms. The molecule has 0 radical (unpaired) electrons. The van der Waals surface area contributed by atoms with E-state index in [1.54, 1.807) is 0 Å². The number of hydrogen-bond acceptors (Lipinski definition) is 6. The van der Waals surface area contributed by atoms with E-state index < -0.39 is 6.10 Å². The van der Waals surface area contributed by atoms with Gasteiger partial charge in [-0.05, 0) is 25.2 Å². The predicted molar refractivity (Wildman–Crippen MR) is 266 cm³/mol. The quantitative estimate of drug-likeness (QED) is 0.0344. The molecule has 2 atom stereocenters. The van der Waals surface area contributed by atoms with Crippen LogP contribution in [0.2, 0.25) is 0 Å². The highest BCUT2D eigenvalue weighted by atomic mass is 16.6. The Morgan fingerprint density at radius 3 is 0.839 bits per heavy atom. The molecule has 62 heavy (non-hydrogen) atoms. The molecule has 1 unspecified atom stereocenters. The van der Waals surface area contributed by atoms with Crippen LogP contribution in [0, 0.1) is 5.92 Å². The summed E-state index contributed by atoms with van der Waals surface area (Å²) >= 11 is 0. The fourth-order valence-electron chi connectivity index (χ4n) is 8.54. The molecule has 0 aliphatic carbocycles. The standard InChI is InChI=1S/C56H108O6/c1-5-8-10-12-14-16-18-20-22-24-26-31-35-39-43-47-54(57)60-50-53(51-61-55(58)48-44-40-36-32-29-28-30-34-38-42-46-52(4)7-3)62-56(59)49-45-41-37-33-27-25-23-21-19-17-15-13-11-9-6-2/h52-53H,5-51H2,1-4H3/t52?,53-/m1/s1. The van der Waals surface area contributed by atoms with E-state index in [1.165, 1.54) is 212 Å². The zero-order valence-electron chi connectivity index (χ0n) is 42.3. The van der Waals surface area contributed by atoms with Crippen molar-refractivity contribution >= 4 is 17.9 Å². The van der Waals surface area contributed by atoms with Crippen LogP contribution < -0.4 is 0 Å². The SMILES string of the molecule is CCCCCCCCCCCCCCCCCC(=O)OC[C@H](COC(=O)CCCCCCCCCCCCC(C)CC)OC(=O)CCCCCCCCCCCCCCCCC. The summed E-state index contributed by atoms with van der Waals surface area (Å²) in [4.78, 5) is 38.1.